The summed E-state index contributed by atoms with van der Waals surface area (Å²) in [4.78, 5) is 16.1. The van der Waals surface area contributed by atoms with Crippen LogP contribution in [0.25, 0.3) is 0 Å². The minimum atomic E-state index is -0.333. The van der Waals surface area contributed by atoms with E-state index in [4.69, 9.17) is 4.74 Å². The fourth-order valence-corrected chi connectivity index (χ4v) is 5.13. The topological polar surface area (TPSA) is 51.2 Å². The number of carbonyl (C=O) groups excluding carboxylic acids is 1. The van der Waals surface area contributed by atoms with Crippen molar-refractivity contribution >= 4 is 22.4 Å². The van der Waals surface area contributed by atoms with Gasteiger partial charge < -0.3 is 10.1 Å². The molecule has 0 spiro atoms. The van der Waals surface area contributed by atoms with Crippen molar-refractivity contribution in [2.75, 3.05) is 11.9 Å². The first-order valence-electron chi connectivity index (χ1n) is 7.76. The van der Waals surface area contributed by atoms with Crippen molar-refractivity contribution < 1.29 is 9.53 Å². The normalized spacial score (nSPS) is 33.1. The van der Waals surface area contributed by atoms with E-state index in [0.29, 0.717) is 23.8 Å². The lowest BCUT2D eigenvalue weighted by atomic mass is 9.68. The van der Waals surface area contributed by atoms with E-state index in [1.807, 2.05) is 6.92 Å². The lowest BCUT2D eigenvalue weighted by Gasteiger charge is -2.43. The number of nitrogens with zero attached hydrogens (tertiary/aromatic N) is 1. The highest BCUT2D eigenvalue weighted by molar-refractivity contribution is 7.13. The zero-order valence-electron chi connectivity index (χ0n) is 13.2. The van der Waals surface area contributed by atoms with Gasteiger partial charge in [-0.2, -0.15) is 0 Å². The molecule has 21 heavy (non-hydrogen) atoms. The third-order valence-corrected chi connectivity index (χ3v) is 6.30. The number of hydrogen-bond acceptors (Lipinski definition) is 5. The first-order chi connectivity index (χ1) is 9.87. The summed E-state index contributed by atoms with van der Waals surface area (Å²) in [5.41, 5.74) is 1.04. The van der Waals surface area contributed by atoms with Gasteiger partial charge in [0.05, 0.1) is 6.61 Å². The van der Waals surface area contributed by atoms with Crippen LogP contribution in [0.15, 0.2) is 5.38 Å². The second-order valence-corrected chi connectivity index (χ2v) is 8.11. The van der Waals surface area contributed by atoms with Crippen LogP contribution in [0, 0.1) is 16.7 Å². The second kappa shape index (κ2) is 4.97. The number of ether oxygens (including phenoxy) is 1. The van der Waals surface area contributed by atoms with E-state index >= 15 is 0 Å². The van der Waals surface area contributed by atoms with E-state index in [-0.39, 0.29) is 11.4 Å². The molecule has 2 aliphatic rings. The van der Waals surface area contributed by atoms with Gasteiger partial charge in [0.25, 0.3) is 0 Å². The summed E-state index contributed by atoms with van der Waals surface area (Å²) in [6, 6.07) is 0.421. The highest BCUT2D eigenvalue weighted by atomic mass is 32.1. The van der Waals surface area contributed by atoms with Crippen LogP contribution in [0.5, 0.6) is 0 Å². The molecule has 0 radical (unpaired) electrons. The lowest BCUT2D eigenvalue weighted by Crippen LogP contribution is -2.45. The first kappa shape index (κ1) is 14.8. The number of nitrogens with one attached hydrogen (secondary N) is 1. The molecule has 1 N–H and O–H groups in total. The molecule has 0 saturated heterocycles. The van der Waals surface area contributed by atoms with Crippen molar-refractivity contribution in [2.45, 2.75) is 53.0 Å². The summed E-state index contributed by atoms with van der Waals surface area (Å²) < 4.78 is 5.00. The SMILES string of the molecule is CCOC(=O)c1csc(NC2C3(C)CCC(C3)C2(C)C)n1. The number of carbonyl (C=O) groups is 1. The van der Waals surface area contributed by atoms with Crippen LogP contribution in [-0.2, 0) is 4.74 Å². The molecule has 1 aromatic rings. The maximum atomic E-state index is 11.7. The summed E-state index contributed by atoms with van der Waals surface area (Å²) in [6.45, 7) is 9.30. The number of anilines is 1. The lowest BCUT2D eigenvalue weighted by molar-refractivity contribution is 0.0520. The zero-order valence-corrected chi connectivity index (χ0v) is 14.0. The van der Waals surface area contributed by atoms with Crippen molar-refractivity contribution in [1.82, 2.24) is 4.98 Å². The summed E-state index contributed by atoms with van der Waals surface area (Å²) in [5, 5.41) is 6.24. The maximum absolute atomic E-state index is 11.7. The van der Waals surface area contributed by atoms with E-state index in [1.165, 1.54) is 30.6 Å². The van der Waals surface area contributed by atoms with Gasteiger partial charge in [-0.3, -0.25) is 0 Å². The molecule has 0 aliphatic heterocycles. The monoisotopic (exact) mass is 308 g/mol. The third kappa shape index (κ3) is 2.35. The molecule has 116 valence electrons. The van der Waals surface area contributed by atoms with Crippen molar-refractivity contribution in [2.24, 2.45) is 16.7 Å². The minimum Gasteiger partial charge on any atom is -0.461 e. The molecule has 3 rings (SSSR count). The number of fused-ring (bicyclic) bond motifs is 2. The Labute approximate surface area is 130 Å². The fraction of sp³-hybridized carbons (Fsp3) is 0.750. The average molecular weight is 308 g/mol. The average Bonchev–Trinajstić information content (AvgIpc) is 3.06. The van der Waals surface area contributed by atoms with Gasteiger partial charge in [0.2, 0.25) is 0 Å². The summed E-state index contributed by atoms with van der Waals surface area (Å²) in [5.74, 6) is 0.463. The molecular weight excluding hydrogens is 284 g/mol. The predicted octanol–water partition coefficient (Wildman–Crippen LogP) is 3.95. The quantitative estimate of drug-likeness (QED) is 0.856. The number of rotatable bonds is 4. The molecule has 5 heteroatoms. The highest BCUT2D eigenvalue weighted by Gasteiger charge is 2.59. The Morgan fingerprint density at radius 1 is 1.52 bits per heavy atom. The second-order valence-electron chi connectivity index (χ2n) is 7.25. The number of hydrogen-bond donors (Lipinski definition) is 1. The standard InChI is InChI=1S/C16H24N2O2S/c1-5-20-12(19)11-9-21-14(17-11)18-13-15(2,3)10-6-7-16(13,4)8-10/h9-10,13H,5-8H2,1-4H3,(H,17,18). The highest BCUT2D eigenvalue weighted by Crippen LogP contribution is 2.63. The van der Waals surface area contributed by atoms with Crippen LogP contribution in [0.1, 0.15) is 57.4 Å². The third-order valence-electron chi connectivity index (χ3n) is 5.53. The van der Waals surface area contributed by atoms with Gasteiger partial charge in [-0.25, -0.2) is 9.78 Å². The van der Waals surface area contributed by atoms with Crippen molar-refractivity contribution in [1.29, 1.82) is 0 Å². The summed E-state index contributed by atoms with van der Waals surface area (Å²) in [6.07, 6.45) is 3.93. The molecule has 2 saturated carbocycles. The van der Waals surface area contributed by atoms with Gasteiger partial charge >= 0.3 is 5.97 Å². The van der Waals surface area contributed by atoms with Gasteiger partial charge in [-0.1, -0.05) is 20.8 Å². The largest absolute Gasteiger partial charge is 0.461 e. The van der Waals surface area contributed by atoms with E-state index in [2.05, 4.69) is 31.1 Å². The van der Waals surface area contributed by atoms with Gasteiger partial charge in [0.1, 0.15) is 0 Å². The van der Waals surface area contributed by atoms with Gasteiger partial charge in [0.15, 0.2) is 10.8 Å². The molecule has 2 aliphatic carbocycles. The molecule has 1 heterocycles. The Kier molecular flexibility index (Phi) is 3.51. The molecule has 4 nitrogen and oxygen atoms in total. The minimum absolute atomic E-state index is 0.281. The van der Waals surface area contributed by atoms with Crippen LogP contribution in [0.3, 0.4) is 0 Å². The Morgan fingerprint density at radius 2 is 2.29 bits per heavy atom. The molecule has 0 aromatic carbocycles. The number of esters is 1. The first-order valence-corrected chi connectivity index (χ1v) is 8.64. The molecule has 3 atom stereocenters. The molecular formula is C16H24N2O2S. The van der Waals surface area contributed by atoms with E-state index < -0.39 is 0 Å². The molecule has 3 unspecified atom stereocenters. The van der Waals surface area contributed by atoms with Crippen molar-refractivity contribution in [3.05, 3.63) is 11.1 Å². The maximum Gasteiger partial charge on any atom is 0.357 e. The van der Waals surface area contributed by atoms with Crippen molar-refractivity contribution in [3.8, 4) is 0 Å². The molecule has 1 aromatic heterocycles. The number of thiazole rings is 1. The summed E-state index contributed by atoms with van der Waals surface area (Å²) in [7, 11) is 0. The van der Waals surface area contributed by atoms with Crippen LogP contribution in [0.4, 0.5) is 5.13 Å². The Hall–Kier alpha value is -1.10. The molecule has 0 amide bonds. The van der Waals surface area contributed by atoms with Crippen molar-refractivity contribution in [3.63, 3.8) is 0 Å². The Balaban J connectivity index is 1.76. The smallest absolute Gasteiger partial charge is 0.357 e. The van der Waals surface area contributed by atoms with Crippen LogP contribution in [0.2, 0.25) is 0 Å². The summed E-state index contributed by atoms with van der Waals surface area (Å²) >= 11 is 1.49. The Bertz CT molecular complexity index is 549. The van der Waals surface area contributed by atoms with E-state index in [1.54, 1.807) is 5.38 Å². The van der Waals surface area contributed by atoms with E-state index in [9.17, 15) is 4.79 Å². The fourth-order valence-electron chi connectivity index (χ4n) is 4.42. The van der Waals surface area contributed by atoms with Crippen LogP contribution < -0.4 is 5.32 Å². The van der Waals surface area contributed by atoms with E-state index in [0.717, 1.165) is 11.0 Å². The van der Waals surface area contributed by atoms with Gasteiger partial charge in [0, 0.05) is 11.4 Å². The van der Waals surface area contributed by atoms with Gasteiger partial charge in [-0.15, -0.1) is 11.3 Å². The zero-order chi connectivity index (χ0) is 15.3. The van der Waals surface area contributed by atoms with Crippen LogP contribution >= 0.6 is 11.3 Å². The van der Waals surface area contributed by atoms with Crippen LogP contribution in [-0.4, -0.2) is 23.6 Å². The predicted molar refractivity (Wildman–Crippen MR) is 84.7 cm³/mol. The molecule has 2 fully saturated rings. The Morgan fingerprint density at radius 3 is 2.90 bits per heavy atom. The molecule has 2 bridgehead atoms. The van der Waals surface area contributed by atoms with Gasteiger partial charge in [-0.05, 0) is 42.9 Å². The number of aromatic nitrogens is 1.